The number of hydrogen-bond donors (Lipinski definition) is 1. The van der Waals surface area contributed by atoms with Crippen LogP contribution in [0.2, 0.25) is 0 Å². The third kappa shape index (κ3) is 4.12. The number of ether oxygens (including phenoxy) is 1. The third-order valence-electron chi connectivity index (χ3n) is 5.06. The Kier molecular flexibility index (Phi) is 5.39. The number of imidazole rings is 1. The van der Waals surface area contributed by atoms with Crippen LogP contribution in [0.3, 0.4) is 0 Å². The van der Waals surface area contributed by atoms with Crippen LogP contribution in [0.4, 0.5) is 5.69 Å². The zero-order valence-electron chi connectivity index (χ0n) is 17.3. The molecule has 6 nitrogen and oxygen atoms in total. The number of amides is 1. The Morgan fingerprint density at radius 1 is 0.967 bits per heavy atom. The van der Waals surface area contributed by atoms with Crippen LogP contribution < -0.4 is 10.1 Å². The first-order chi connectivity index (χ1) is 14.5. The summed E-state index contributed by atoms with van der Waals surface area (Å²) < 4.78 is 9.82. The van der Waals surface area contributed by atoms with E-state index in [9.17, 15) is 4.79 Å². The first kappa shape index (κ1) is 19.5. The molecule has 0 spiro atoms. The Balaban J connectivity index is 1.38. The molecule has 4 aromatic rings. The fourth-order valence-electron chi connectivity index (χ4n) is 3.36. The van der Waals surface area contributed by atoms with Crippen molar-refractivity contribution in [3.63, 3.8) is 0 Å². The van der Waals surface area contributed by atoms with Gasteiger partial charge in [-0.25, -0.2) is 4.98 Å². The molecule has 0 radical (unpaired) electrons. The summed E-state index contributed by atoms with van der Waals surface area (Å²) in [6.07, 6.45) is 3.62. The molecule has 1 N–H and O–H groups in total. The molecular weight excluding hydrogens is 376 g/mol. The van der Waals surface area contributed by atoms with Crippen LogP contribution in [-0.2, 0) is 13.7 Å². The molecule has 0 unspecified atom stereocenters. The fourth-order valence-corrected chi connectivity index (χ4v) is 3.36. The van der Waals surface area contributed by atoms with Gasteiger partial charge in [-0.15, -0.1) is 0 Å². The van der Waals surface area contributed by atoms with Crippen molar-refractivity contribution in [2.24, 2.45) is 7.05 Å². The number of benzene rings is 2. The van der Waals surface area contributed by atoms with Gasteiger partial charge in [0.2, 0.25) is 0 Å². The summed E-state index contributed by atoms with van der Waals surface area (Å²) >= 11 is 0. The number of rotatable bonds is 6. The molecule has 0 aliphatic rings. The zero-order valence-corrected chi connectivity index (χ0v) is 17.3. The lowest BCUT2D eigenvalue weighted by molar-refractivity contribution is 0.102. The van der Waals surface area contributed by atoms with Crippen molar-refractivity contribution in [3.8, 4) is 11.4 Å². The molecule has 2 aromatic heterocycles. The van der Waals surface area contributed by atoms with E-state index < -0.39 is 0 Å². The number of carbonyl (C=O) groups is 1. The highest BCUT2D eigenvalue weighted by Crippen LogP contribution is 2.19. The van der Waals surface area contributed by atoms with Crippen molar-refractivity contribution < 1.29 is 9.53 Å². The smallest absolute Gasteiger partial charge is 0.255 e. The Hall–Kier alpha value is -3.80. The SMILES string of the molecule is Cc1ccc(C)n1-c1ccc(C(=O)Nc2ccc(OCc3nccn3C)cc2)cc1. The van der Waals surface area contributed by atoms with Crippen LogP contribution >= 0.6 is 0 Å². The van der Waals surface area contributed by atoms with E-state index in [1.165, 1.54) is 0 Å². The van der Waals surface area contributed by atoms with Gasteiger partial charge in [-0.1, -0.05) is 0 Å². The van der Waals surface area contributed by atoms with Gasteiger partial charge in [-0.05, 0) is 74.5 Å². The molecule has 1 amide bonds. The van der Waals surface area contributed by atoms with Gasteiger partial charge in [0.1, 0.15) is 18.2 Å². The molecule has 30 heavy (non-hydrogen) atoms. The lowest BCUT2D eigenvalue weighted by atomic mass is 10.2. The minimum atomic E-state index is -0.149. The van der Waals surface area contributed by atoms with Crippen molar-refractivity contribution in [2.75, 3.05) is 5.32 Å². The van der Waals surface area contributed by atoms with Crippen molar-refractivity contribution in [2.45, 2.75) is 20.5 Å². The van der Waals surface area contributed by atoms with E-state index in [1.54, 1.807) is 6.20 Å². The predicted molar refractivity (Wildman–Crippen MR) is 117 cm³/mol. The number of nitrogens with zero attached hydrogens (tertiary/aromatic N) is 3. The van der Waals surface area contributed by atoms with E-state index in [4.69, 9.17) is 4.74 Å². The van der Waals surface area contributed by atoms with Gasteiger partial charge in [0.05, 0.1) is 0 Å². The normalized spacial score (nSPS) is 10.8. The maximum absolute atomic E-state index is 12.6. The number of carbonyl (C=O) groups excluding carboxylic acids is 1. The number of aromatic nitrogens is 3. The predicted octanol–water partition coefficient (Wildman–Crippen LogP) is 4.66. The summed E-state index contributed by atoms with van der Waals surface area (Å²) in [5.74, 6) is 1.42. The minimum absolute atomic E-state index is 0.149. The average molecular weight is 400 g/mol. The second-order valence-corrected chi connectivity index (χ2v) is 7.22. The molecule has 0 bridgehead atoms. The zero-order chi connectivity index (χ0) is 21.1. The highest BCUT2D eigenvalue weighted by Gasteiger charge is 2.09. The number of aryl methyl sites for hydroxylation is 3. The Labute approximate surface area is 175 Å². The maximum atomic E-state index is 12.6. The molecule has 0 aliphatic carbocycles. The number of hydrogen-bond acceptors (Lipinski definition) is 3. The van der Waals surface area contributed by atoms with Crippen molar-refractivity contribution >= 4 is 11.6 Å². The van der Waals surface area contributed by atoms with E-state index in [0.717, 1.165) is 28.6 Å². The van der Waals surface area contributed by atoms with Gasteiger partial charge in [0.25, 0.3) is 5.91 Å². The molecule has 0 fully saturated rings. The first-order valence-electron chi connectivity index (χ1n) is 9.77. The minimum Gasteiger partial charge on any atom is -0.486 e. The molecule has 2 heterocycles. The second-order valence-electron chi connectivity index (χ2n) is 7.22. The molecular formula is C24H24N4O2. The highest BCUT2D eigenvalue weighted by molar-refractivity contribution is 6.04. The van der Waals surface area contributed by atoms with E-state index in [1.807, 2.05) is 66.3 Å². The van der Waals surface area contributed by atoms with Crippen LogP contribution in [0.15, 0.2) is 73.1 Å². The highest BCUT2D eigenvalue weighted by atomic mass is 16.5. The van der Waals surface area contributed by atoms with Gasteiger partial charge < -0.3 is 19.2 Å². The van der Waals surface area contributed by atoms with E-state index in [2.05, 4.69) is 40.8 Å². The van der Waals surface area contributed by atoms with Gasteiger partial charge in [0, 0.05) is 47.8 Å². The van der Waals surface area contributed by atoms with Crippen LogP contribution in [0, 0.1) is 13.8 Å². The molecule has 2 aromatic carbocycles. The quantitative estimate of drug-likeness (QED) is 0.512. The summed E-state index contributed by atoms with van der Waals surface area (Å²) in [5, 5.41) is 2.92. The largest absolute Gasteiger partial charge is 0.486 e. The van der Waals surface area contributed by atoms with Gasteiger partial charge in [-0.3, -0.25) is 4.79 Å². The Bertz CT molecular complexity index is 1140. The van der Waals surface area contributed by atoms with E-state index in [0.29, 0.717) is 17.9 Å². The summed E-state index contributed by atoms with van der Waals surface area (Å²) in [7, 11) is 1.93. The standard InChI is InChI=1S/C24H24N4O2/c1-17-4-5-18(2)28(17)21-10-6-19(7-11-21)24(29)26-20-8-12-22(13-9-20)30-16-23-25-14-15-27(23)3/h4-15H,16H2,1-3H3,(H,26,29). The fraction of sp³-hybridized carbons (Fsp3) is 0.167. The summed E-state index contributed by atoms with van der Waals surface area (Å²) in [6, 6.07) is 19.1. The monoisotopic (exact) mass is 400 g/mol. The van der Waals surface area contributed by atoms with Gasteiger partial charge in [0.15, 0.2) is 0 Å². The summed E-state index contributed by atoms with van der Waals surface area (Å²) in [6.45, 7) is 4.52. The van der Waals surface area contributed by atoms with Crippen molar-refractivity contribution in [1.82, 2.24) is 14.1 Å². The molecule has 0 saturated heterocycles. The van der Waals surface area contributed by atoms with Gasteiger partial charge >= 0.3 is 0 Å². The molecule has 6 heteroatoms. The lowest BCUT2D eigenvalue weighted by Gasteiger charge is -2.11. The molecule has 0 aliphatic heterocycles. The molecule has 0 saturated carbocycles. The first-order valence-corrected chi connectivity index (χ1v) is 9.77. The van der Waals surface area contributed by atoms with Crippen LogP contribution in [0.25, 0.3) is 5.69 Å². The summed E-state index contributed by atoms with van der Waals surface area (Å²) in [5.41, 5.74) is 4.69. The third-order valence-corrected chi connectivity index (χ3v) is 5.06. The Morgan fingerprint density at radius 3 is 2.23 bits per heavy atom. The van der Waals surface area contributed by atoms with Gasteiger partial charge in [-0.2, -0.15) is 0 Å². The average Bonchev–Trinajstić information content (AvgIpc) is 3.32. The number of nitrogens with one attached hydrogen (secondary N) is 1. The van der Waals surface area contributed by atoms with Crippen LogP contribution in [0.5, 0.6) is 5.75 Å². The lowest BCUT2D eigenvalue weighted by Crippen LogP contribution is -2.12. The topological polar surface area (TPSA) is 61.1 Å². The van der Waals surface area contributed by atoms with Crippen LogP contribution in [-0.4, -0.2) is 20.0 Å². The summed E-state index contributed by atoms with van der Waals surface area (Å²) in [4.78, 5) is 16.8. The molecule has 4 rings (SSSR count). The Morgan fingerprint density at radius 2 is 1.63 bits per heavy atom. The second kappa shape index (κ2) is 8.29. The number of anilines is 1. The molecule has 152 valence electrons. The van der Waals surface area contributed by atoms with E-state index >= 15 is 0 Å². The van der Waals surface area contributed by atoms with Crippen molar-refractivity contribution in [1.29, 1.82) is 0 Å². The van der Waals surface area contributed by atoms with Crippen molar-refractivity contribution in [3.05, 3.63) is 95.8 Å². The van der Waals surface area contributed by atoms with E-state index in [-0.39, 0.29) is 5.91 Å². The maximum Gasteiger partial charge on any atom is 0.255 e. The van der Waals surface area contributed by atoms with Crippen LogP contribution in [0.1, 0.15) is 27.6 Å². The molecule has 0 atom stereocenters.